The van der Waals surface area contributed by atoms with Gasteiger partial charge in [0, 0.05) is 31.1 Å². The fourth-order valence-electron chi connectivity index (χ4n) is 1.12. The van der Waals surface area contributed by atoms with Gasteiger partial charge in [0.15, 0.2) is 0 Å². The summed E-state index contributed by atoms with van der Waals surface area (Å²) < 4.78 is 0. The fourth-order valence-corrected chi connectivity index (χ4v) is 1.22. The minimum Gasteiger partial charge on any atom is -0.378 e. The molecule has 0 aliphatic heterocycles. The van der Waals surface area contributed by atoms with E-state index in [-0.39, 0.29) is 11.3 Å². The lowest BCUT2D eigenvalue weighted by molar-refractivity contribution is -0.384. The standard InChI is InChI=1S/C11H10N4O2S/c1-13-11(18)8(6-12)7-14-9-2-4-10(5-3-9)15(16)17/h2-5,7,14H,1H3,(H,13,18). The van der Waals surface area contributed by atoms with Gasteiger partial charge in [0.2, 0.25) is 0 Å². The maximum Gasteiger partial charge on any atom is 0.269 e. The molecule has 0 aromatic heterocycles. The second-order valence-electron chi connectivity index (χ2n) is 3.20. The number of nitro groups is 1. The van der Waals surface area contributed by atoms with Crippen LogP contribution in [-0.4, -0.2) is 17.0 Å². The number of anilines is 1. The Hall–Kier alpha value is -2.46. The van der Waals surface area contributed by atoms with Gasteiger partial charge < -0.3 is 10.6 Å². The number of nitrogens with one attached hydrogen (secondary N) is 2. The van der Waals surface area contributed by atoms with Gasteiger partial charge in [0.25, 0.3) is 5.69 Å². The zero-order chi connectivity index (χ0) is 13.5. The molecule has 2 N–H and O–H groups in total. The molecule has 18 heavy (non-hydrogen) atoms. The summed E-state index contributed by atoms with van der Waals surface area (Å²) in [6.07, 6.45) is 1.44. The highest BCUT2D eigenvalue weighted by atomic mass is 32.1. The lowest BCUT2D eigenvalue weighted by Gasteiger charge is -2.03. The molecule has 0 atom stereocenters. The van der Waals surface area contributed by atoms with Crippen molar-refractivity contribution >= 4 is 28.6 Å². The largest absolute Gasteiger partial charge is 0.378 e. The fraction of sp³-hybridized carbons (Fsp3) is 0.0909. The van der Waals surface area contributed by atoms with Crippen molar-refractivity contribution in [2.24, 2.45) is 0 Å². The van der Waals surface area contributed by atoms with Gasteiger partial charge >= 0.3 is 0 Å². The maximum atomic E-state index is 10.5. The third-order valence-corrected chi connectivity index (χ3v) is 2.48. The van der Waals surface area contributed by atoms with Crippen molar-refractivity contribution in [3.05, 3.63) is 46.2 Å². The van der Waals surface area contributed by atoms with E-state index >= 15 is 0 Å². The number of rotatable bonds is 4. The predicted molar refractivity (Wildman–Crippen MR) is 72.1 cm³/mol. The van der Waals surface area contributed by atoms with Gasteiger partial charge in [0.05, 0.1) is 4.92 Å². The van der Waals surface area contributed by atoms with Crippen molar-refractivity contribution in [3.63, 3.8) is 0 Å². The van der Waals surface area contributed by atoms with Crippen molar-refractivity contribution in [2.75, 3.05) is 12.4 Å². The number of non-ortho nitro benzene ring substituents is 1. The zero-order valence-corrected chi connectivity index (χ0v) is 10.3. The predicted octanol–water partition coefficient (Wildman–Crippen LogP) is 1.96. The van der Waals surface area contributed by atoms with Crippen LogP contribution >= 0.6 is 12.2 Å². The summed E-state index contributed by atoms with van der Waals surface area (Å²) in [5, 5.41) is 24.8. The number of hydrogen-bond donors (Lipinski definition) is 2. The van der Waals surface area contributed by atoms with E-state index in [1.165, 1.54) is 18.3 Å². The summed E-state index contributed by atoms with van der Waals surface area (Å²) in [7, 11) is 1.62. The van der Waals surface area contributed by atoms with E-state index in [1.807, 2.05) is 6.07 Å². The third-order valence-electron chi connectivity index (χ3n) is 2.05. The van der Waals surface area contributed by atoms with Gasteiger partial charge in [-0.2, -0.15) is 5.26 Å². The number of nitrogens with zero attached hydrogens (tertiary/aromatic N) is 2. The van der Waals surface area contributed by atoms with Crippen molar-refractivity contribution in [1.82, 2.24) is 5.32 Å². The van der Waals surface area contributed by atoms with Crippen LogP contribution in [0.2, 0.25) is 0 Å². The summed E-state index contributed by atoms with van der Waals surface area (Å²) in [5.41, 5.74) is 0.925. The molecule has 1 rings (SSSR count). The molecule has 0 aliphatic carbocycles. The molecule has 0 bridgehead atoms. The first-order valence-corrected chi connectivity index (χ1v) is 5.32. The molecule has 7 heteroatoms. The molecule has 0 unspecified atom stereocenters. The molecular formula is C11H10N4O2S. The van der Waals surface area contributed by atoms with E-state index in [0.717, 1.165) is 0 Å². The van der Waals surface area contributed by atoms with Gasteiger partial charge in [-0.1, -0.05) is 12.2 Å². The molecule has 6 nitrogen and oxygen atoms in total. The highest BCUT2D eigenvalue weighted by Gasteiger charge is 2.04. The Balaban J connectivity index is 2.80. The van der Waals surface area contributed by atoms with Crippen molar-refractivity contribution < 1.29 is 4.92 Å². The highest BCUT2D eigenvalue weighted by molar-refractivity contribution is 7.80. The maximum absolute atomic E-state index is 10.5. The Morgan fingerprint density at radius 3 is 2.56 bits per heavy atom. The summed E-state index contributed by atoms with van der Waals surface area (Å²) >= 11 is 4.92. The average Bonchev–Trinajstić information content (AvgIpc) is 2.39. The summed E-state index contributed by atoms with van der Waals surface area (Å²) in [4.78, 5) is 10.3. The SMILES string of the molecule is CNC(=S)C(C#N)=CNc1ccc([N+](=O)[O-])cc1. The quantitative estimate of drug-likeness (QED) is 0.283. The number of benzene rings is 1. The first-order valence-electron chi connectivity index (χ1n) is 4.92. The summed E-state index contributed by atoms with van der Waals surface area (Å²) in [5.74, 6) is 0. The van der Waals surface area contributed by atoms with Gasteiger partial charge in [-0.15, -0.1) is 0 Å². The number of hydrogen-bond acceptors (Lipinski definition) is 5. The lowest BCUT2D eigenvalue weighted by Crippen LogP contribution is -2.17. The Morgan fingerprint density at radius 2 is 2.11 bits per heavy atom. The molecule has 0 spiro atoms. The summed E-state index contributed by atoms with van der Waals surface area (Å²) in [6.45, 7) is 0. The highest BCUT2D eigenvalue weighted by Crippen LogP contribution is 2.15. The Kier molecular flexibility index (Phi) is 4.78. The minimum atomic E-state index is -0.476. The zero-order valence-electron chi connectivity index (χ0n) is 9.51. The number of thiocarbonyl (C=S) groups is 1. The van der Waals surface area contributed by atoms with E-state index in [9.17, 15) is 10.1 Å². The molecule has 0 saturated heterocycles. The van der Waals surface area contributed by atoms with Crippen molar-refractivity contribution in [3.8, 4) is 6.07 Å². The number of nitriles is 1. The first-order chi connectivity index (χ1) is 8.58. The van der Waals surface area contributed by atoms with Crippen LogP contribution in [0.25, 0.3) is 0 Å². The molecular weight excluding hydrogens is 252 g/mol. The van der Waals surface area contributed by atoms with E-state index in [1.54, 1.807) is 19.2 Å². The minimum absolute atomic E-state index is 0.00998. The molecule has 1 aromatic rings. The van der Waals surface area contributed by atoms with Crippen LogP contribution in [0, 0.1) is 21.4 Å². The third kappa shape index (κ3) is 3.54. The lowest BCUT2D eigenvalue weighted by atomic mass is 10.2. The van der Waals surface area contributed by atoms with Gasteiger partial charge in [-0.3, -0.25) is 10.1 Å². The molecule has 92 valence electrons. The van der Waals surface area contributed by atoms with Gasteiger partial charge in [-0.05, 0) is 12.1 Å². The number of nitro benzene ring substituents is 1. The molecule has 0 amide bonds. The number of likely N-dealkylation sites (N-methyl/N-ethyl adjacent to an activating group) is 1. The summed E-state index contributed by atoms with van der Waals surface area (Å²) in [6, 6.07) is 7.78. The van der Waals surface area contributed by atoms with Crippen LogP contribution < -0.4 is 10.6 Å². The Labute approximate surface area is 109 Å². The Bertz CT molecular complexity index is 531. The average molecular weight is 262 g/mol. The van der Waals surface area contributed by atoms with Crippen molar-refractivity contribution in [1.29, 1.82) is 5.26 Å². The Morgan fingerprint density at radius 1 is 1.50 bits per heavy atom. The molecule has 0 aliphatic rings. The molecule has 0 heterocycles. The second-order valence-corrected chi connectivity index (χ2v) is 3.61. The van der Waals surface area contributed by atoms with E-state index in [4.69, 9.17) is 17.5 Å². The molecule has 0 fully saturated rings. The van der Waals surface area contributed by atoms with Gasteiger partial charge in [0.1, 0.15) is 16.6 Å². The van der Waals surface area contributed by atoms with E-state index < -0.39 is 4.92 Å². The van der Waals surface area contributed by atoms with Crippen LogP contribution in [0.3, 0.4) is 0 Å². The van der Waals surface area contributed by atoms with Crippen LogP contribution in [0.4, 0.5) is 11.4 Å². The molecule has 0 radical (unpaired) electrons. The molecule has 1 aromatic carbocycles. The van der Waals surface area contributed by atoms with Crippen molar-refractivity contribution in [2.45, 2.75) is 0 Å². The van der Waals surface area contributed by atoms with E-state index in [2.05, 4.69) is 10.6 Å². The van der Waals surface area contributed by atoms with E-state index in [0.29, 0.717) is 10.7 Å². The normalized spacial score (nSPS) is 10.3. The van der Waals surface area contributed by atoms with Crippen LogP contribution in [-0.2, 0) is 0 Å². The topological polar surface area (TPSA) is 91.0 Å². The van der Waals surface area contributed by atoms with Crippen LogP contribution in [0.15, 0.2) is 36.0 Å². The van der Waals surface area contributed by atoms with Gasteiger partial charge in [-0.25, -0.2) is 0 Å². The van der Waals surface area contributed by atoms with Crippen LogP contribution in [0.1, 0.15) is 0 Å². The monoisotopic (exact) mass is 262 g/mol. The van der Waals surface area contributed by atoms with Crippen LogP contribution in [0.5, 0.6) is 0 Å². The smallest absolute Gasteiger partial charge is 0.269 e. The molecule has 0 saturated carbocycles. The second kappa shape index (κ2) is 6.32. The first kappa shape index (κ1) is 13.6.